The Morgan fingerprint density at radius 3 is 2.85 bits per heavy atom. The molecule has 2 N–H and O–H groups in total. The maximum absolute atomic E-state index is 8.94. The fourth-order valence-electron chi connectivity index (χ4n) is 4.28. The van der Waals surface area contributed by atoms with E-state index in [9.17, 15) is 0 Å². The molecule has 1 aliphatic carbocycles. The lowest BCUT2D eigenvalue weighted by atomic mass is 9.80. The van der Waals surface area contributed by atoms with Crippen LogP contribution in [0.25, 0.3) is 22.5 Å². The van der Waals surface area contributed by atoms with E-state index in [1.54, 1.807) is 12.4 Å². The normalized spacial score (nSPS) is 20.4. The molecule has 0 saturated heterocycles. The fourth-order valence-corrected chi connectivity index (χ4v) is 4.28. The number of hydrogen-bond donors (Lipinski definition) is 2. The lowest BCUT2D eigenvalue weighted by Gasteiger charge is -2.25. The standard InChI is InChI=1S/C21H20N6/c22-9-7-13-3-5-14(6-4-13)20-26-18-15-8-11-23-12-17(15)25-21-16(19(18)27-20)2-1-10-24-21/h1-2,8,10-14H,3-7H2,(H,24,25)(H,26,27). The second-order valence-electron chi connectivity index (χ2n) is 7.37. The second kappa shape index (κ2) is 6.51. The molecule has 1 saturated carbocycles. The Labute approximate surface area is 157 Å². The number of pyridine rings is 2. The first-order valence-corrected chi connectivity index (χ1v) is 9.47. The minimum Gasteiger partial charge on any atom is -0.341 e. The van der Waals surface area contributed by atoms with Crippen LogP contribution in [0.3, 0.4) is 0 Å². The van der Waals surface area contributed by atoms with Crippen LogP contribution in [0.5, 0.6) is 0 Å². The largest absolute Gasteiger partial charge is 0.341 e. The van der Waals surface area contributed by atoms with Crippen LogP contribution in [0.1, 0.15) is 43.8 Å². The van der Waals surface area contributed by atoms with E-state index in [2.05, 4.69) is 32.4 Å². The van der Waals surface area contributed by atoms with E-state index < -0.39 is 0 Å². The number of nitrogens with zero attached hydrogens (tertiary/aromatic N) is 4. The van der Waals surface area contributed by atoms with Gasteiger partial charge in [-0.3, -0.25) is 4.98 Å². The number of aromatic nitrogens is 4. The van der Waals surface area contributed by atoms with Crippen molar-refractivity contribution in [3.05, 3.63) is 42.6 Å². The molecular weight excluding hydrogens is 336 g/mol. The minimum atomic E-state index is 0.422. The molecule has 0 spiro atoms. The van der Waals surface area contributed by atoms with Gasteiger partial charge in [-0.25, -0.2) is 9.97 Å². The third kappa shape index (κ3) is 2.76. The van der Waals surface area contributed by atoms with Crippen molar-refractivity contribution >= 4 is 11.5 Å². The molecule has 6 nitrogen and oxygen atoms in total. The molecule has 0 bridgehead atoms. The highest BCUT2D eigenvalue weighted by molar-refractivity contribution is 5.94. The van der Waals surface area contributed by atoms with Crippen LogP contribution in [-0.2, 0) is 0 Å². The van der Waals surface area contributed by atoms with Gasteiger partial charge in [-0.1, -0.05) is 0 Å². The Morgan fingerprint density at radius 2 is 2.00 bits per heavy atom. The number of fused-ring (bicyclic) bond motifs is 5. The molecule has 3 aromatic rings. The zero-order chi connectivity index (χ0) is 18.2. The third-order valence-electron chi connectivity index (χ3n) is 5.74. The average molecular weight is 356 g/mol. The Balaban J connectivity index is 1.57. The van der Waals surface area contributed by atoms with Crippen molar-refractivity contribution in [2.45, 2.75) is 38.0 Å². The van der Waals surface area contributed by atoms with E-state index in [0.29, 0.717) is 18.3 Å². The monoisotopic (exact) mass is 356 g/mol. The molecular formula is C21H20N6. The third-order valence-corrected chi connectivity index (χ3v) is 5.74. The molecule has 0 aromatic carbocycles. The minimum absolute atomic E-state index is 0.422. The van der Waals surface area contributed by atoms with Crippen LogP contribution < -0.4 is 5.32 Å². The van der Waals surface area contributed by atoms with Crippen LogP contribution in [0, 0.1) is 17.2 Å². The van der Waals surface area contributed by atoms with Crippen molar-refractivity contribution in [3.8, 4) is 28.6 Å². The zero-order valence-electron chi connectivity index (χ0n) is 14.9. The number of imidazole rings is 1. The van der Waals surface area contributed by atoms with E-state index in [4.69, 9.17) is 10.2 Å². The van der Waals surface area contributed by atoms with Gasteiger partial charge < -0.3 is 10.3 Å². The van der Waals surface area contributed by atoms with Gasteiger partial charge in [0.1, 0.15) is 17.3 Å². The fraction of sp³-hybridized carbons (Fsp3) is 0.333. The molecule has 5 rings (SSSR count). The molecule has 134 valence electrons. The smallest absolute Gasteiger partial charge is 0.139 e. The predicted octanol–water partition coefficient (Wildman–Crippen LogP) is 4.78. The molecule has 4 heterocycles. The lowest BCUT2D eigenvalue weighted by Crippen LogP contribution is -2.14. The van der Waals surface area contributed by atoms with Crippen LogP contribution in [0.15, 0.2) is 36.8 Å². The summed E-state index contributed by atoms with van der Waals surface area (Å²) in [6, 6.07) is 8.33. The Morgan fingerprint density at radius 1 is 1.11 bits per heavy atom. The van der Waals surface area contributed by atoms with Crippen molar-refractivity contribution in [1.82, 2.24) is 19.9 Å². The SMILES string of the molecule is N#CCC1CCC(c2nc3c([nH]2)-c2ccncc2Nc2ncccc2-3)CC1. The zero-order valence-corrected chi connectivity index (χ0v) is 14.9. The molecule has 27 heavy (non-hydrogen) atoms. The number of nitrogens with one attached hydrogen (secondary N) is 2. The van der Waals surface area contributed by atoms with Crippen molar-refractivity contribution in [3.63, 3.8) is 0 Å². The molecule has 1 fully saturated rings. The molecule has 2 aliphatic rings. The van der Waals surface area contributed by atoms with Gasteiger partial charge in [0.05, 0.1) is 23.6 Å². The van der Waals surface area contributed by atoms with Crippen molar-refractivity contribution < 1.29 is 0 Å². The van der Waals surface area contributed by atoms with Gasteiger partial charge in [0.2, 0.25) is 0 Å². The average Bonchev–Trinajstić information content (AvgIpc) is 3.10. The molecule has 0 atom stereocenters. The molecule has 6 heteroatoms. The van der Waals surface area contributed by atoms with Crippen LogP contribution in [0.2, 0.25) is 0 Å². The maximum Gasteiger partial charge on any atom is 0.139 e. The highest BCUT2D eigenvalue weighted by Crippen LogP contribution is 2.44. The van der Waals surface area contributed by atoms with Gasteiger partial charge in [-0.15, -0.1) is 0 Å². The Bertz CT molecular complexity index is 960. The van der Waals surface area contributed by atoms with Crippen LogP contribution in [0.4, 0.5) is 11.5 Å². The highest BCUT2D eigenvalue weighted by atomic mass is 15.0. The summed E-state index contributed by atoms with van der Waals surface area (Å²) in [6.45, 7) is 0. The van der Waals surface area contributed by atoms with Gasteiger partial charge in [-0.05, 0) is 49.8 Å². The van der Waals surface area contributed by atoms with Crippen molar-refractivity contribution in [1.29, 1.82) is 5.26 Å². The van der Waals surface area contributed by atoms with Gasteiger partial charge >= 0.3 is 0 Å². The number of rotatable bonds is 2. The summed E-state index contributed by atoms with van der Waals surface area (Å²) in [5.74, 6) is 2.82. The Hall–Kier alpha value is -3.20. The summed E-state index contributed by atoms with van der Waals surface area (Å²) in [4.78, 5) is 17.4. The van der Waals surface area contributed by atoms with E-state index >= 15 is 0 Å². The predicted molar refractivity (Wildman–Crippen MR) is 103 cm³/mol. The first kappa shape index (κ1) is 16.0. The number of anilines is 2. The van der Waals surface area contributed by atoms with Gasteiger partial charge in [0, 0.05) is 35.9 Å². The number of H-pyrrole nitrogens is 1. The molecule has 3 aromatic heterocycles. The van der Waals surface area contributed by atoms with E-state index in [-0.39, 0.29) is 0 Å². The maximum atomic E-state index is 8.94. The highest BCUT2D eigenvalue weighted by Gasteiger charge is 2.28. The number of nitriles is 1. The van der Waals surface area contributed by atoms with Crippen LogP contribution in [-0.4, -0.2) is 19.9 Å². The summed E-state index contributed by atoms with van der Waals surface area (Å²) in [7, 11) is 0. The van der Waals surface area contributed by atoms with E-state index in [1.807, 2.05) is 18.3 Å². The number of hydrogen-bond acceptors (Lipinski definition) is 5. The van der Waals surface area contributed by atoms with E-state index in [1.165, 1.54) is 0 Å². The summed E-state index contributed by atoms with van der Waals surface area (Å²) in [5.41, 5.74) is 4.98. The van der Waals surface area contributed by atoms with E-state index in [0.717, 1.165) is 65.5 Å². The van der Waals surface area contributed by atoms with Crippen molar-refractivity contribution in [2.24, 2.45) is 5.92 Å². The summed E-state index contributed by atoms with van der Waals surface area (Å²) < 4.78 is 0. The first-order chi connectivity index (χ1) is 13.3. The molecule has 0 amide bonds. The van der Waals surface area contributed by atoms with Crippen molar-refractivity contribution in [2.75, 3.05) is 5.32 Å². The Kier molecular flexibility index (Phi) is 3.86. The van der Waals surface area contributed by atoms with Gasteiger partial charge in [0.15, 0.2) is 0 Å². The lowest BCUT2D eigenvalue weighted by molar-refractivity contribution is 0.324. The number of aromatic amines is 1. The second-order valence-corrected chi connectivity index (χ2v) is 7.37. The van der Waals surface area contributed by atoms with Gasteiger partial charge in [-0.2, -0.15) is 5.26 Å². The summed E-state index contributed by atoms with van der Waals surface area (Å²) in [6.07, 6.45) is 10.5. The summed E-state index contributed by atoms with van der Waals surface area (Å²) >= 11 is 0. The molecule has 0 radical (unpaired) electrons. The molecule has 0 unspecified atom stereocenters. The molecule has 1 aliphatic heterocycles. The first-order valence-electron chi connectivity index (χ1n) is 9.47. The quantitative estimate of drug-likeness (QED) is 0.539. The topological polar surface area (TPSA) is 90.3 Å². The van der Waals surface area contributed by atoms with Crippen LogP contribution >= 0.6 is 0 Å². The summed E-state index contributed by atoms with van der Waals surface area (Å²) in [5, 5.41) is 12.3. The van der Waals surface area contributed by atoms with Gasteiger partial charge in [0.25, 0.3) is 0 Å².